The molecule has 1 atom stereocenters. The normalized spacial score (nSPS) is 12.1. The highest BCUT2D eigenvalue weighted by molar-refractivity contribution is 6.40. The Morgan fingerprint density at radius 3 is 2.64 bits per heavy atom. The fourth-order valence-corrected chi connectivity index (χ4v) is 1.01. The van der Waals surface area contributed by atoms with Crippen LogP contribution in [0.4, 0.5) is 5.69 Å². The molecule has 0 saturated carbocycles. The quantitative estimate of drug-likeness (QED) is 0.603. The van der Waals surface area contributed by atoms with Crippen LogP contribution < -0.4 is 16.2 Å². The Balaban J connectivity index is 2.82. The van der Waals surface area contributed by atoms with Gasteiger partial charge in [0.1, 0.15) is 21.7 Å². The molecule has 0 bridgehead atoms. The highest BCUT2D eigenvalue weighted by Crippen LogP contribution is 2.02. The van der Waals surface area contributed by atoms with E-state index in [1.807, 2.05) is 0 Å². The summed E-state index contributed by atoms with van der Waals surface area (Å²) in [6.45, 7) is 1.54. The van der Waals surface area contributed by atoms with Crippen molar-refractivity contribution >= 4 is 38.3 Å². The molecule has 0 aliphatic heterocycles. The molecule has 4 radical (unpaired) electrons. The van der Waals surface area contributed by atoms with Crippen LogP contribution in [-0.4, -0.2) is 32.8 Å². The van der Waals surface area contributed by atoms with Gasteiger partial charge in [-0.25, -0.2) is 0 Å². The molecule has 1 unspecified atom stereocenters. The zero-order chi connectivity index (χ0) is 10.7. The molecule has 1 rings (SSSR count). The molecule has 0 fully saturated rings. The molecule has 0 aliphatic carbocycles. The van der Waals surface area contributed by atoms with E-state index in [-0.39, 0.29) is 0 Å². The van der Waals surface area contributed by atoms with Crippen molar-refractivity contribution < 1.29 is 9.90 Å². The summed E-state index contributed by atoms with van der Waals surface area (Å²) in [5.41, 5.74) is 1.57. The van der Waals surface area contributed by atoms with Gasteiger partial charge in [-0.3, -0.25) is 4.79 Å². The van der Waals surface area contributed by atoms with Gasteiger partial charge in [0.2, 0.25) is 0 Å². The average Bonchev–Trinajstić information content (AvgIpc) is 2.09. The number of anilines is 1. The Kier molecular flexibility index (Phi) is 3.23. The molecule has 2 N–H and O–H groups in total. The highest BCUT2D eigenvalue weighted by atomic mass is 16.4. The third-order valence-corrected chi connectivity index (χ3v) is 1.82. The van der Waals surface area contributed by atoms with E-state index in [2.05, 4.69) is 5.32 Å². The van der Waals surface area contributed by atoms with Gasteiger partial charge >= 0.3 is 5.97 Å². The average molecular weight is 185 g/mol. The summed E-state index contributed by atoms with van der Waals surface area (Å²) in [5.74, 6) is -0.929. The molecule has 3 nitrogen and oxygen atoms in total. The molecule has 0 saturated heterocycles. The number of aliphatic carboxylic acids is 1. The van der Waals surface area contributed by atoms with Crippen LogP contribution in [0.5, 0.6) is 0 Å². The second-order valence-electron chi connectivity index (χ2n) is 3.05. The van der Waals surface area contributed by atoms with E-state index < -0.39 is 12.0 Å². The number of nitrogens with one attached hydrogen (secondary N) is 1. The van der Waals surface area contributed by atoms with Gasteiger partial charge in [-0.05, 0) is 13.0 Å². The highest BCUT2D eigenvalue weighted by Gasteiger charge is 2.10. The van der Waals surface area contributed by atoms with E-state index in [1.165, 1.54) is 6.92 Å². The first-order chi connectivity index (χ1) is 6.50. The van der Waals surface area contributed by atoms with Crippen LogP contribution in [-0.2, 0) is 4.79 Å². The van der Waals surface area contributed by atoms with Gasteiger partial charge in [-0.2, -0.15) is 0 Å². The van der Waals surface area contributed by atoms with Crippen LogP contribution in [0.15, 0.2) is 18.2 Å². The Morgan fingerprint density at radius 1 is 1.50 bits per heavy atom. The second kappa shape index (κ2) is 4.22. The van der Waals surface area contributed by atoms with Crippen LogP contribution in [0.1, 0.15) is 6.92 Å². The Morgan fingerprint density at radius 2 is 2.14 bits per heavy atom. The van der Waals surface area contributed by atoms with Crippen molar-refractivity contribution in [3.05, 3.63) is 18.2 Å². The lowest BCUT2D eigenvalue weighted by Gasteiger charge is -2.13. The fraction of sp³-hybridized carbons (Fsp3) is 0.222. The summed E-state index contributed by atoms with van der Waals surface area (Å²) < 4.78 is 0. The van der Waals surface area contributed by atoms with Crippen molar-refractivity contribution in [1.29, 1.82) is 0 Å². The maximum atomic E-state index is 10.6. The van der Waals surface area contributed by atoms with Crippen molar-refractivity contribution in [3.8, 4) is 0 Å². The molecular weight excluding hydrogens is 176 g/mol. The van der Waals surface area contributed by atoms with Gasteiger partial charge in [0.25, 0.3) is 0 Å². The topological polar surface area (TPSA) is 49.3 Å². The molecule has 0 spiro atoms. The van der Waals surface area contributed by atoms with Gasteiger partial charge in [-0.15, -0.1) is 0 Å². The number of carbonyl (C=O) groups is 1. The second-order valence-corrected chi connectivity index (χ2v) is 3.05. The van der Waals surface area contributed by atoms with Gasteiger partial charge in [-0.1, -0.05) is 23.1 Å². The summed E-state index contributed by atoms with van der Waals surface area (Å²) in [4.78, 5) is 10.6. The van der Waals surface area contributed by atoms with E-state index in [4.69, 9.17) is 20.8 Å². The predicted molar refractivity (Wildman–Crippen MR) is 57.9 cm³/mol. The van der Waals surface area contributed by atoms with Crippen LogP contribution in [0.25, 0.3) is 0 Å². The number of hydrogen-bond donors (Lipinski definition) is 2. The lowest BCUT2D eigenvalue weighted by atomic mass is 9.86. The lowest BCUT2D eigenvalue weighted by Crippen LogP contribution is -2.29. The minimum Gasteiger partial charge on any atom is -0.480 e. The third kappa shape index (κ3) is 2.55. The number of benzene rings is 1. The van der Waals surface area contributed by atoms with Crippen molar-refractivity contribution in [2.24, 2.45) is 0 Å². The minimum absolute atomic E-state index is 0.443. The lowest BCUT2D eigenvalue weighted by molar-refractivity contribution is -0.137. The molecule has 68 valence electrons. The summed E-state index contributed by atoms with van der Waals surface area (Å²) in [7, 11) is 11.1. The summed E-state index contributed by atoms with van der Waals surface area (Å²) in [6, 6.07) is 4.22. The largest absolute Gasteiger partial charge is 0.480 e. The zero-order valence-corrected chi connectivity index (χ0v) is 7.82. The molecule has 0 aliphatic rings. The maximum absolute atomic E-state index is 10.6. The van der Waals surface area contributed by atoms with E-state index >= 15 is 0 Å². The van der Waals surface area contributed by atoms with E-state index in [1.54, 1.807) is 18.2 Å². The number of rotatable bonds is 3. The first kappa shape index (κ1) is 10.7. The van der Waals surface area contributed by atoms with Crippen molar-refractivity contribution in [3.63, 3.8) is 0 Å². The number of hydrogen-bond acceptors (Lipinski definition) is 2. The standard InChI is InChI=1S/C9H9B2NO2/c1-5(9(13)14)12-8-3-2-6(10)4-7(8)11/h2-5,12H,1H3,(H,13,14). The van der Waals surface area contributed by atoms with Crippen LogP contribution in [0, 0.1) is 0 Å². The molecule has 5 heteroatoms. The molecular formula is C9H9B2NO2. The SMILES string of the molecule is [B]c1ccc(NC(C)C(=O)O)c([B])c1. The third-order valence-electron chi connectivity index (χ3n) is 1.82. The Labute approximate surface area is 85.3 Å². The van der Waals surface area contributed by atoms with Gasteiger partial charge in [0.15, 0.2) is 0 Å². The van der Waals surface area contributed by atoms with E-state index in [0.717, 1.165) is 0 Å². The molecule has 0 amide bonds. The van der Waals surface area contributed by atoms with Crippen LogP contribution >= 0.6 is 0 Å². The van der Waals surface area contributed by atoms with Gasteiger partial charge in [0, 0.05) is 5.69 Å². The molecule has 1 aromatic carbocycles. The summed E-state index contributed by atoms with van der Waals surface area (Å²) in [6.07, 6.45) is 0. The zero-order valence-electron chi connectivity index (χ0n) is 7.82. The Bertz CT molecular complexity index is 355. The first-order valence-electron chi connectivity index (χ1n) is 4.15. The monoisotopic (exact) mass is 185 g/mol. The number of carboxylic acid groups (broad SMARTS) is 1. The molecule has 0 aromatic heterocycles. The van der Waals surface area contributed by atoms with Crippen molar-refractivity contribution in [2.75, 3.05) is 5.32 Å². The fourth-order valence-electron chi connectivity index (χ4n) is 1.01. The van der Waals surface area contributed by atoms with Gasteiger partial charge in [0.05, 0.1) is 0 Å². The van der Waals surface area contributed by atoms with Crippen molar-refractivity contribution in [2.45, 2.75) is 13.0 Å². The van der Waals surface area contributed by atoms with Crippen LogP contribution in [0.3, 0.4) is 0 Å². The molecule has 1 aromatic rings. The predicted octanol–water partition coefficient (Wildman–Crippen LogP) is -0.841. The van der Waals surface area contributed by atoms with Crippen LogP contribution in [0.2, 0.25) is 0 Å². The van der Waals surface area contributed by atoms with E-state index in [0.29, 0.717) is 16.6 Å². The molecule has 0 heterocycles. The molecule has 14 heavy (non-hydrogen) atoms. The van der Waals surface area contributed by atoms with Gasteiger partial charge < -0.3 is 10.4 Å². The first-order valence-corrected chi connectivity index (χ1v) is 4.15. The minimum atomic E-state index is -0.929. The summed E-state index contributed by atoms with van der Waals surface area (Å²) in [5, 5.41) is 11.4. The maximum Gasteiger partial charge on any atom is 0.325 e. The van der Waals surface area contributed by atoms with E-state index in [9.17, 15) is 4.79 Å². The van der Waals surface area contributed by atoms with Crippen molar-refractivity contribution in [1.82, 2.24) is 0 Å². The smallest absolute Gasteiger partial charge is 0.325 e. The Hall–Kier alpha value is -1.38. The number of carboxylic acids is 1. The summed E-state index contributed by atoms with van der Waals surface area (Å²) >= 11 is 0.